The summed E-state index contributed by atoms with van der Waals surface area (Å²) in [6.45, 7) is 0. The number of hydrogen-bond donors (Lipinski definition) is 1. The maximum Gasteiger partial charge on any atom is 0.0487 e. The Hall–Kier alpha value is -0.0100. The molecule has 42 valence electrons. The molecule has 1 N–H and O–H groups in total. The molecule has 0 radical (unpaired) electrons. The van der Waals surface area contributed by atoms with Crippen LogP contribution < -0.4 is 0 Å². The van der Waals surface area contributed by atoms with Crippen molar-refractivity contribution in [1.82, 2.24) is 10.2 Å². The number of aromatic amines is 1. The summed E-state index contributed by atoms with van der Waals surface area (Å²) in [5.41, 5.74) is 0. The summed E-state index contributed by atoms with van der Waals surface area (Å²) in [4.78, 5) is 0. The fraction of sp³-hybridized carbons (Fsp3) is 0. The SMILES string of the molecule is P.S.c1cn[nH]c1. The molecule has 4 heteroatoms. The van der Waals surface area contributed by atoms with Gasteiger partial charge < -0.3 is 0 Å². The van der Waals surface area contributed by atoms with Crippen molar-refractivity contribution in [1.29, 1.82) is 0 Å². The number of aromatic nitrogens is 2. The van der Waals surface area contributed by atoms with Gasteiger partial charge in [0.1, 0.15) is 0 Å². The molecule has 0 spiro atoms. The molecule has 7 heavy (non-hydrogen) atoms. The van der Waals surface area contributed by atoms with Crippen molar-refractivity contribution >= 4 is 23.4 Å². The maximum atomic E-state index is 3.60. The molecule has 0 bridgehead atoms. The van der Waals surface area contributed by atoms with Gasteiger partial charge in [-0.15, -0.1) is 0 Å². The van der Waals surface area contributed by atoms with Crippen LogP contribution in [0.15, 0.2) is 18.5 Å². The molecule has 1 unspecified atom stereocenters. The topological polar surface area (TPSA) is 28.7 Å². The van der Waals surface area contributed by atoms with Gasteiger partial charge in [-0.2, -0.15) is 28.5 Å². The van der Waals surface area contributed by atoms with E-state index < -0.39 is 0 Å². The van der Waals surface area contributed by atoms with Crippen molar-refractivity contribution in [2.24, 2.45) is 0 Å². The summed E-state index contributed by atoms with van der Waals surface area (Å²) in [5, 5.41) is 6.21. The predicted molar refractivity (Wildman–Crippen MR) is 40.1 cm³/mol. The lowest BCUT2D eigenvalue weighted by Crippen LogP contribution is -1.53. The van der Waals surface area contributed by atoms with E-state index in [-0.39, 0.29) is 23.4 Å². The van der Waals surface area contributed by atoms with E-state index in [9.17, 15) is 0 Å². The zero-order chi connectivity index (χ0) is 3.54. The molecule has 0 amide bonds. The number of nitrogens with zero attached hydrogens (tertiary/aromatic N) is 1. The minimum Gasteiger partial charge on any atom is -0.286 e. The third-order valence-corrected chi connectivity index (χ3v) is 0.406. The van der Waals surface area contributed by atoms with Crippen molar-refractivity contribution in [3.63, 3.8) is 0 Å². The smallest absolute Gasteiger partial charge is 0.0487 e. The second-order valence-electron chi connectivity index (χ2n) is 0.766. The van der Waals surface area contributed by atoms with Gasteiger partial charge in [-0.25, -0.2) is 0 Å². The molecule has 0 aliphatic carbocycles. The van der Waals surface area contributed by atoms with Crippen molar-refractivity contribution in [3.05, 3.63) is 18.5 Å². The highest BCUT2D eigenvalue weighted by molar-refractivity contribution is 7.59. The molecule has 1 atom stereocenters. The van der Waals surface area contributed by atoms with Crippen LogP contribution >= 0.6 is 23.4 Å². The van der Waals surface area contributed by atoms with E-state index in [2.05, 4.69) is 10.2 Å². The number of hydrogen-bond acceptors (Lipinski definition) is 1. The fourth-order valence-corrected chi connectivity index (χ4v) is 0.215. The quantitative estimate of drug-likeness (QED) is 0.519. The first kappa shape index (κ1) is 10.1. The molecule has 1 heterocycles. The van der Waals surface area contributed by atoms with E-state index in [0.29, 0.717) is 0 Å². The lowest BCUT2D eigenvalue weighted by molar-refractivity contribution is 1.09. The van der Waals surface area contributed by atoms with E-state index in [1.807, 2.05) is 6.07 Å². The van der Waals surface area contributed by atoms with E-state index >= 15 is 0 Å². The molecule has 1 aromatic rings. The molecule has 0 aliphatic heterocycles. The van der Waals surface area contributed by atoms with Crippen LogP contribution in [0.4, 0.5) is 0 Å². The first-order valence-electron chi connectivity index (χ1n) is 1.44. The average molecular weight is 136 g/mol. The third-order valence-electron chi connectivity index (χ3n) is 0.406. The van der Waals surface area contributed by atoms with Gasteiger partial charge in [0, 0.05) is 12.4 Å². The van der Waals surface area contributed by atoms with Gasteiger partial charge in [0.05, 0.1) is 0 Å². The molecule has 0 aliphatic rings. The molecular formula is C3H9N2PS. The van der Waals surface area contributed by atoms with Gasteiger partial charge in [0.15, 0.2) is 0 Å². The van der Waals surface area contributed by atoms with E-state index in [1.165, 1.54) is 0 Å². The number of H-pyrrole nitrogens is 1. The molecule has 0 aromatic carbocycles. The fourth-order valence-electron chi connectivity index (χ4n) is 0.215. The molecular weight excluding hydrogens is 127 g/mol. The Balaban J connectivity index is 0. The Morgan fingerprint density at radius 2 is 2.14 bits per heavy atom. The van der Waals surface area contributed by atoms with Crippen molar-refractivity contribution < 1.29 is 0 Å². The van der Waals surface area contributed by atoms with Crippen LogP contribution in [0, 0.1) is 0 Å². The molecule has 0 saturated carbocycles. The minimum absolute atomic E-state index is 0. The Morgan fingerprint density at radius 1 is 1.43 bits per heavy atom. The lowest BCUT2D eigenvalue weighted by atomic mass is 10.8. The van der Waals surface area contributed by atoms with Crippen LogP contribution in [0.3, 0.4) is 0 Å². The second-order valence-corrected chi connectivity index (χ2v) is 0.766. The molecule has 2 nitrogen and oxygen atoms in total. The van der Waals surface area contributed by atoms with Crippen LogP contribution in [0.5, 0.6) is 0 Å². The first-order chi connectivity index (χ1) is 2.50. The van der Waals surface area contributed by atoms with E-state index in [4.69, 9.17) is 0 Å². The molecule has 0 saturated heterocycles. The average Bonchev–Trinajstić information content (AvgIpc) is 1.76. The summed E-state index contributed by atoms with van der Waals surface area (Å²) in [6, 6.07) is 1.83. The highest BCUT2D eigenvalue weighted by Gasteiger charge is 1.56. The van der Waals surface area contributed by atoms with Gasteiger partial charge in [-0.3, -0.25) is 5.10 Å². The second kappa shape index (κ2) is 5.99. The van der Waals surface area contributed by atoms with Gasteiger partial charge in [0.2, 0.25) is 0 Å². The highest BCUT2D eigenvalue weighted by Crippen LogP contribution is 1.64. The van der Waals surface area contributed by atoms with Crippen molar-refractivity contribution in [3.8, 4) is 0 Å². The Kier molecular flexibility index (Phi) is 8.62. The summed E-state index contributed by atoms with van der Waals surface area (Å²) in [6.07, 6.45) is 3.46. The summed E-state index contributed by atoms with van der Waals surface area (Å²) in [7, 11) is 0. The molecule has 0 fully saturated rings. The van der Waals surface area contributed by atoms with Gasteiger partial charge >= 0.3 is 0 Å². The molecule has 1 aromatic heterocycles. The van der Waals surface area contributed by atoms with E-state index in [1.54, 1.807) is 12.4 Å². The monoisotopic (exact) mass is 136 g/mol. The zero-order valence-electron chi connectivity index (χ0n) is 3.89. The number of rotatable bonds is 0. The normalized spacial score (nSPS) is 5.71. The Morgan fingerprint density at radius 3 is 2.29 bits per heavy atom. The molecule has 1 rings (SSSR count). The summed E-state index contributed by atoms with van der Waals surface area (Å²) >= 11 is 0. The van der Waals surface area contributed by atoms with Crippen LogP contribution in [0.25, 0.3) is 0 Å². The van der Waals surface area contributed by atoms with Crippen LogP contribution in [0.1, 0.15) is 0 Å². The zero-order valence-corrected chi connectivity index (χ0v) is 6.30. The van der Waals surface area contributed by atoms with Gasteiger partial charge in [-0.05, 0) is 6.07 Å². The van der Waals surface area contributed by atoms with Crippen LogP contribution in [0.2, 0.25) is 0 Å². The third kappa shape index (κ3) is 3.83. The van der Waals surface area contributed by atoms with E-state index in [0.717, 1.165) is 0 Å². The van der Waals surface area contributed by atoms with Crippen molar-refractivity contribution in [2.45, 2.75) is 0 Å². The van der Waals surface area contributed by atoms with Crippen molar-refractivity contribution in [2.75, 3.05) is 0 Å². The standard InChI is InChI=1S/C3H4N2.H3P.H2S/c1-2-4-5-3-1;;/h1-3H,(H,4,5);1H3;1H2. The summed E-state index contributed by atoms with van der Waals surface area (Å²) in [5.74, 6) is 0. The van der Waals surface area contributed by atoms with Crippen LogP contribution in [-0.2, 0) is 0 Å². The lowest BCUT2D eigenvalue weighted by Gasteiger charge is -1.49. The number of nitrogens with one attached hydrogen (secondary N) is 1. The Bertz CT molecular complexity index is 69.4. The predicted octanol–water partition coefficient (Wildman–Crippen LogP) is 0.581. The van der Waals surface area contributed by atoms with Gasteiger partial charge in [0.25, 0.3) is 0 Å². The minimum atomic E-state index is 0. The summed E-state index contributed by atoms with van der Waals surface area (Å²) < 4.78 is 0. The van der Waals surface area contributed by atoms with Gasteiger partial charge in [-0.1, -0.05) is 0 Å². The first-order valence-corrected chi connectivity index (χ1v) is 1.44. The highest BCUT2D eigenvalue weighted by atomic mass is 32.1. The Labute approximate surface area is 52.8 Å². The maximum absolute atomic E-state index is 3.60. The van der Waals surface area contributed by atoms with Crippen LogP contribution in [-0.4, -0.2) is 10.2 Å². The largest absolute Gasteiger partial charge is 0.286 e.